The number of nitrogens with two attached hydrogens (primary N) is 1. The van der Waals surface area contributed by atoms with Crippen molar-refractivity contribution in [3.63, 3.8) is 0 Å². The van der Waals surface area contributed by atoms with Gasteiger partial charge in [-0.3, -0.25) is 4.68 Å². The molecule has 0 amide bonds. The summed E-state index contributed by atoms with van der Waals surface area (Å²) >= 11 is 0. The van der Waals surface area contributed by atoms with Crippen LogP contribution in [0.15, 0.2) is 29.3 Å². The molecule has 0 bridgehead atoms. The van der Waals surface area contributed by atoms with Gasteiger partial charge in [0, 0.05) is 24.0 Å². The first-order valence-corrected chi connectivity index (χ1v) is 7.07. The second-order valence-electron chi connectivity index (χ2n) is 5.17. The Hall–Kier alpha value is -1.98. The summed E-state index contributed by atoms with van der Waals surface area (Å²) in [6, 6.07) is 5.23. The van der Waals surface area contributed by atoms with Crippen LogP contribution < -0.4 is 15.8 Å². The van der Waals surface area contributed by atoms with Crippen LogP contribution in [0.25, 0.3) is 0 Å². The topological polar surface area (TPSA) is 77.5 Å². The monoisotopic (exact) mass is 469 g/mol. The maximum Gasteiger partial charge on any atom is 0.573 e. The third kappa shape index (κ3) is 6.11. The van der Waals surface area contributed by atoms with Crippen LogP contribution in [0.5, 0.6) is 5.75 Å². The lowest BCUT2D eigenvalue weighted by atomic mass is 10.2. The van der Waals surface area contributed by atoms with Crippen molar-refractivity contribution in [1.29, 1.82) is 0 Å². The van der Waals surface area contributed by atoms with Crippen molar-refractivity contribution in [3.05, 3.63) is 41.2 Å². The van der Waals surface area contributed by atoms with E-state index in [-0.39, 0.29) is 35.7 Å². The van der Waals surface area contributed by atoms with Crippen LogP contribution in [0, 0.1) is 13.8 Å². The summed E-state index contributed by atoms with van der Waals surface area (Å²) in [5.41, 5.74) is 9.16. The lowest BCUT2D eigenvalue weighted by Crippen LogP contribution is -2.22. The van der Waals surface area contributed by atoms with Gasteiger partial charge in [-0.1, -0.05) is 0 Å². The lowest BCUT2D eigenvalue weighted by molar-refractivity contribution is -0.274. The molecule has 0 radical (unpaired) electrons. The molecule has 3 N–H and O–H groups in total. The first-order chi connectivity index (χ1) is 11.2. The molecule has 1 aromatic carbocycles. The zero-order valence-corrected chi connectivity index (χ0v) is 16.2. The number of nitrogens with one attached hydrogen (secondary N) is 1. The molecule has 0 saturated heterocycles. The van der Waals surface area contributed by atoms with E-state index in [1.165, 1.54) is 24.3 Å². The highest BCUT2D eigenvalue weighted by Crippen LogP contribution is 2.23. The van der Waals surface area contributed by atoms with Gasteiger partial charge < -0.3 is 15.8 Å². The van der Waals surface area contributed by atoms with E-state index in [1.54, 1.807) is 4.68 Å². The van der Waals surface area contributed by atoms with Crippen LogP contribution in [0.2, 0.25) is 0 Å². The minimum Gasteiger partial charge on any atom is -0.406 e. The van der Waals surface area contributed by atoms with Crippen LogP contribution in [-0.4, -0.2) is 22.1 Å². The van der Waals surface area contributed by atoms with E-state index in [0.717, 1.165) is 17.0 Å². The molecule has 0 aliphatic heterocycles. The quantitative estimate of drug-likeness (QED) is 0.409. The van der Waals surface area contributed by atoms with Crippen LogP contribution in [0.4, 0.5) is 18.9 Å². The third-order valence-electron chi connectivity index (χ3n) is 3.43. The molecule has 10 heteroatoms. The Morgan fingerprint density at radius 1 is 1.28 bits per heavy atom. The molecule has 0 spiro atoms. The van der Waals surface area contributed by atoms with E-state index in [1.807, 2.05) is 20.9 Å². The second kappa shape index (κ2) is 8.41. The predicted octanol–water partition coefficient (Wildman–Crippen LogP) is 3.48. The highest BCUT2D eigenvalue weighted by molar-refractivity contribution is 14.0. The Morgan fingerprint density at radius 3 is 2.36 bits per heavy atom. The average Bonchev–Trinajstić information content (AvgIpc) is 2.71. The first-order valence-electron chi connectivity index (χ1n) is 7.07. The zero-order valence-electron chi connectivity index (χ0n) is 13.9. The molecule has 6 nitrogen and oxygen atoms in total. The number of aromatic nitrogens is 2. The van der Waals surface area contributed by atoms with Gasteiger partial charge in [-0.2, -0.15) is 5.10 Å². The Morgan fingerprint density at radius 2 is 1.88 bits per heavy atom. The molecule has 1 aromatic heterocycles. The van der Waals surface area contributed by atoms with Crippen molar-refractivity contribution < 1.29 is 17.9 Å². The molecule has 25 heavy (non-hydrogen) atoms. The van der Waals surface area contributed by atoms with E-state index in [0.29, 0.717) is 12.2 Å². The maximum atomic E-state index is 12.1. The van der Waals surface area contributed by atoms with Crippen molar-refractivity contribution in [2.75, 3.05) is 5.32 Å². The van der Waals surface area contributed by atoms with Crippen molar-refractivity contribution in [2.24, 2.45) is 17.8 Å². The van der Waals surface area contributed by atoms with Gasteiger partial charge in [-0.05, 0) is 38.1 Å². The number of ether oxygens (including phenoxy) is 1. The molecule has 0 atom stereocenters. The van der Waals surface area contributed by atoms with E-state index in [9.17, 15) is 13.2 Å². The van der Waals surface area contributed by atoms with Gasteiger partial charge in [0.15, 0.2) is 5.96 Å². The van der Waals surface area contributed by atoms with Gasteiger partial charge in [-0.25, -0.2) is 4.99 Å². The normalized spacial score (nSPS) is 11.8. The fourth-order valence-corrected chi connectivity index (χ4v) is 2.14. The average molecular weight is 469 g/mol. The van der Waals surface area contributed by atoms with E-state index < -0.39 is 6.36 Å². The van der Waals surface area contributed by atoms with Gasteiger partial charge >= 0.3 is 6.36 Å². The van der Waals surface area contributed by atoms with Crippen molar-refractivity contribution in [1.82, 2.24) is 9.78 Å². The van der Waals surface area contributed by atoms with Crippen LogP contribution in [0.3, 0.4) is 0 Å². The highest BCUT2D eigenvalue weighted by atomic mass is 127. The largest absolute Gasteiger partial charge is 0.573 e. The van der Waals surface area contributed by atoms with E-state index >= 15 is 0 Å². The Balaban J connectivity index is 0.00000312. The molecular formula is C15H19F3IN5O. The standard InChI is InChI=1S/C15H18F3N5O.HI/c1-9-13(10(2)23(3)22-9)8-20-14(19)21-11-4-6-12(7-5-11)24-15(16,17)18;/h4-7H,8H2,1-3H3,(H3,19,20,21);1H. The Kier molecular flexibility index (Phi) is 7.08. The number of benzene rings is 1. The Bertz CT molecular complexity index is 741. The molecule has 2 rings (SSSR count). The zero-order chi connectivity index (χ0) is 17.9. The summed E-state index contributed by atoms with van der Waals surface area (Å²) in [6.07, 6.45) is -4.71. The lowest BCUT2D eigenvalue weighted by Gasteiger charge is -2.10. The number of alkyl halides is 3. The molecule has 2 aromatic rings. The summed E-state index contributed by atoms with van der Waals surface area (Å²) in [5.74, 6) is -0.146. The van der Waals surface area contributed by atoms with E-state index in [2.05, 4.69) is 20.1 Å². The summed E-state index contributed by atoms with van der Waals surface area (Å²) < 4.78 is 41.9. The molecular weight excluding hydrogens is 450 g/mol. The van der Waals surface area contributed by atoms with Gasteiger partial charge in [0.1, 0.15) is 5.75 Å². The van der Waals surface area contributed by atoms with Crippen molar-refractivity contribution in [2.45, 2.75) is 26.8 Å². The highest BCUT2D eigenvalue weighted by Gasteiger charge is 2.30. The SMILES string of the molecule is Cc1nn(C)c(C)c1CN=C(N)Nc1ccc(OC(F)(F)F)cc1.I. The number of nitrogens with zero attached hydrogens (tertiary/aromatic N) is 3. The first kappa shape index (κ1) is 21.1. The predicted molar refractivity (Wildman–Crippen MR) is 100 cm³/mol. The molecule has 0 aliphatic rings. The second-order valence-corrected chi connectivity index (χ2v) is 5.17. The van der Waals surface area contributed by atoms with Crippen LogP contribution in [0.1, 0.15) is 17.0 Å². The summed E-state index contributed by atoms with van der Waals surface area (Å²) in [4.78, 5) is 4.23. The minimum atomic E-state index is -4.71. The Labute approximate surface area is 160 Å². The number of hydrogen-bond acceptors (Lipinski definition) is 3. The maximum absolute atomic E-state index is 12.1. The van der Waals surface area contributed by atoms with Gasteiger partial charge in [0.2, 0.25) is 0 Å². The molecule has 1 heterocycles. The molecule has 0 aliphatic carbocycles. The molecule has 0 saturated carbocycles. The van der Waals surface area contributed by atoms with Gasteiger partial charge in [0.05, 0.1) is 12.2 Å². The minimum absolute atomic E-state index is 0. The number of guanidine groups is 1. The smallest absolute Gasteiger partial charge is 0.406 e. The summed E-state index contributed by atoms with van der Waals surface area (Å²) in [6.45, 7) is 4.19. The summed E-state index contributed by atoms with van der Waals surface area (Å²) in [7, 11) is 1.85. The van der Waals surface area contributed by atoms with Gasteiger partial charge in [-0.15, -0.1) is 37.1 Å². The third-order valence-corrected chi connectivity index (χ3v) is 3.43. The fraction of sp³-hybridized carbons (Fsp3) is 0.333. The molecule has 138 valence electrons. The number of hydrogen-bond donors (Lipinski definition) is 2. The molecule has 0 fully saturated rings. The number of halogens is 4. The van der Waals surface area contributed by atoms with Crippen LogP contribution >= 0.6 is 24.0 Å². The van der Waals surface area contributed by atoms with E-state index in [4.69, 9.17) is 5.73 Å². The van der Waals surface area contributed by atoms with Crippen molar-refractivity contribution in [3.8, 4) is 5.75 Å². The summed E-state index contributed by atoms with van der Waals surface area (Å²) in [5, 5.41) is 7.10. The number of aliphatic imine (C=N–C) groups is 1. The fourth-order valence-electron chi connectivity index (χ4n) is 2.14. The number of rotatable bonds is 4. The van der Waals surface area contributed by atoms with Crippen LogP contribution in [-0.2, 0) is 13.6 Å². The van der Waals surface area contributed by atoms with Gasteiger partial charge in [0.25, 0.3) is 0 Å². The number of anilines is 1. The molecule has 0 unspecified atom stereocenters. The van der Waals surface area contributed by atoms with Crippen molar-refractivity contribution >= 4 is 35.6 Å². The number of aryl methyl sites for hydroxylation is 2.